The van der Waals surface area contributed by atoms with Crippen molar-refractivity contribution in [3.05, 3.63) is 12.2 Å². The second-order valence-corrected chi connectivity index (χ2v) is 6.61. The van der Waals surface area contributed by atoms with Gasteiger partial charge in [-0.1, -0.05) is 57.6 Å². The molecule has 4 nitrogen and oxygen atoms in total. The zero-order valence-electron chi connectivity index (χ0n) is 15.1. The van der Waals surface area contributed by atoms with Crippen LogP contribution in [0.5, 0.6) is 0 Å². The van der Waals surface area contributed by atoms with Crippen molar-refractivity contribution in [2.75, 3.05) is 6.61 Å². The first-order valence-electron chi connectivity index (χ1n) is 9.17. The molecule has 0 radical (unpaired) electrons. The van der Waals surface area contributed by atoms with E-state index in [9.17, 15) is 14.7 Å². The minimum absolute atomic E-state index is 0.151. The lowest BCUT2D eigenvalue weighted by molar-refractivity contribution is -0.145. The summed E-state index contributed by atoms with van der Waals surface area (Å²) < 4.78 is 4.72. The summed E-state index contributed by atoms with van der Waals surface area (Å²) in [6.07, 6.45) is 11.3. The van der Waals surface area contributed by atoms with E-state index in [-0.39, 0.29) is 30.6 Å². The summed E-state index contributed by atoms with van der Waals surface area (Å²) in [4.78, 5) is 22.7. The molecule has 0 aliphatic carbocycles. The molecule has 0 aromatic carbocycles. The summed E-state index contributed by atoms with van der Waals surface area (Å²) in [6.45, 7) is 4.19. The molecule has 5 heteroatoms. The smallest absolute Gasteiger partial charge is 0.313 e. The third-order valence-corrected chi connectivity index (χ3v) is 4.25. The number of esters is 1. The summed E-state index contributed by atoms with van der Waals surface area (Å²) >= 11 is 6.19. The third kappa shape index (κ3) is 13.6. The van der Waals surface area contributed by atoms with Crippen molar-refractivity contribution in [1.82, 2.24) is 0 Å². The molecule has 0 bridgehead atoms. The van der Waals surface area contributed by atoms with Crippen LogP contribution >= 0.6 is 11.6 Å². The Morgan fingerprint density at radius 2 is 1.79 bits per heavy atom. The van der Waals surface area contributed by atoms with E-state index in [0.29, 0.717) is 6.42 Å². The van der Waals surface area contributed by atoms with E-state index in [1.165, 1.54) is 25.7 Å². The number of allylic oxidation sites excluding steroid dienone is 1. The first-order chi connectivity index (χ1) is 11.5. The van der Waals surface area contributed by atoms with Gasteiger partial charge in [0.1, 0.15) is 12.2 Å². The Hall–Kier alpha value is -0.870. The molecule has 0 fully saturated rings. The fourth-order valence-corrected chi connectivity index (χ4v) is 2.59. The average Bonchev–Trinajstić information content (AvgIpc) is 2.54. The standard InChI is InChI=1S/C19H33ClO4/c1-3-5-6-7-8-9-13-17(20)18(22)14-11-10-12-16(21)15-19(23)24-4-2/h11,14,17-18,22H,3-10,12-13,15H2,1-2H3. The number of carbonyl (C=O) groups excluding carboxylic acids is 2. The number of ether oxygens (including phenoxy) is 1. The number of alkyl halides is 1. The molecule has 140 valence electrons. The van der Waals surface area contributed by atoms with E-state index in [2.05, 4.69) is 6.92 Å². The first-order valence-corrected chi connectivity index (χ1v) is 9.61. The van der Waals surface area contributed by atoms with Crippen molar-refractivity contribution in [3.8, 4) is 0 Å². The summed E-state index contributed by atoms with van der Waals surface area (Å²) in [7, 11) is 0. The van der Waals surface area contributed by atoms with Crippen LogP contribution in [0.3, 0.4) is 0 Å². The van der Waals surface area contributed by atoms with E-state index in [4.69, 9.17) is 16.3 Å². The molecule has 0 aliphatic rings. The third-order valence-electron chi connectivity index (χ3n) is 3.77. The van der Waals surface area contributed by atoms with Gasteiger partial charge in [-0.3, -0.25) is 9.59 Å². The molecule has 0 aliphatic heterocycles. The second-order valence-electron chi connectivity index (χ2n) is 6.05. The molecule has 2 atom stereocenters. The van der Waals surface area contributed by atoms with E-state index in [0.717, 1.165) is 19.3 Å². The SMILES string of the molecule is CCCCCCCCC(Cl)C(O)C=CCCC(=O)CC(=O)OCC. The van der Waals surface area contributed by atoms with Crippen molar-refractivity contribution >= 4 is 23.4 Å². The lowest BCUT2D eigenvalue weighted by atomic mass is 10.1. The Morgan fingerprint density at radius 3 is 2.46 bits per heavy atom. The minimum Gasteiger partial charge on any atom is -0.466 e. The molecule has 2 unspecified atom stereocenters. The molecule has 0 saturated heterocycles. The van der Waals surface area contributed by atoms with Gasteiger partial charge in [-0.05, 0) is 19.8 Å². The van der Waals surface area contributed by atoms with Gasteiger partial charge in [0.05, 0.1) is 18.1 Å². The van der Waals surface area contributed by atoms with Gasteiger partial charge in [-0.25, -0.2) is 0 Å². The number of aliphatic hydroxyl groups excluding tert-OH is 1. The van der Waals surface area contributed by atoms with Crippen molar-refractivity contribution in [2.45, 2.75) is 89.5 Å². The van der Waals surface area contributed by atoms with Crippen LogP contribution in [0.15, 0.2) is 12.2 Å². The lowest BCUT2D eigenvalue weighted by Crippen LogP contribution is -2.18. The van der Waals surface area contributed by atoms with Crippen LogP contribution < -0.4 is 0 Å². The molecule has 24 heavy (non-hydrogen) atoms. The number of hydrogen-bond acceptors (Lipinski definition) is 4. The molecule has 0 amide bonds. The Bertz CT molecular complexity index is 368. The van der Waals surface area contributed by atoms with E-state index < -0.39 is 12.1 Å². The van der Waals surface area contributed by atoms with Gasteiger partial charge in [0.2, 0.25) is 0 Å². The van der Waals surface area contributed by atoms with Crippen molar-refractivity contribution < 1.29 is 19.4 Å². The summed E-state index contributed by atoms with van der Waals surface area (Å²) in [5, 5.41) is 9.67. The highest BCUT2D eigenvalue weighted by Gasteiger charge is 2.13. The summed E-state index contributed by atoms with van der Waals surface area (Å²) in [5.41, 5.74) is 0. The molecule has 0 heterocycles. The van der Waals surface area contributed by atoms with Crippen LogP contribution in [-0.2, 0) is 14.3 Å². The van der Waals surface area contributed by atoms with Gasteiger partial charge in [0.15, 0.2) is 0 Å². The fraction of sp³-hybridized carbons (Fsp3) is 0.789. The number of rotatable bonds is 15. The van der Waals surface area contributed by atoms with Crippen LogP contribution in [0.1, 0.15) is 78.1 Å². The highest BCUT2D eigenvalue weighted by Crippen LogP contribution is 2.15. The lowest BCUT2D eigenvalue weighted by Gasteiger charge is -2.13. The largest absolute Gasteiger partial charge is 0.466 e. The van der Waals surface area contributed by atoms with E-state index in [1.807, 2.05) is 0 Å². The van der Waals surface area contributed by atoms with Gasteiger partial charge in [-0.15, -0.1) is 11.6 Å². The molecular formula is C19H33ClO4. The van der Waals surface area contributed by atoms with Gasteiger partial charge in [0, 0.05) is 6.42 Å². The van der Waals surface area contributed by atoms with Gasteiger partial charge in [-0.2, -0.15) is 0 Å². The quantitative estimate of drug-likeness (QED) is 0.153. The molecule has 0 aromatic heterocycles. The highest BCUT2D eigenvalue weighted by atomic mass is 35.5. The monoisotopic (exact) mass is 360 g/mol. The number of ketones is 1. The molecule has 0 aromatic rings. The Balaban J connectivity index is 3.76. The fourth-order valence-electron chi connectivity index (χ4n) is 2.35. The van der Waals surface area contributed by atoms with E-state index in [1.54, 1.807) is 19.1 Å². The zero-order chi connectivity index (χ0) is 18.2. The molecular weight excluding hydrogens is 328 g/mol. The number of Topliss-reactive ketones (excluding diaryl/α,β-unsaturated/α-hetero) is 1. The van der Waals surface area contributed by atoms with E-state index >= 15 is 0 Å². The van der Waals surface area contributed by atoms with Crippen LogP contribution in [0.2, 0.25) is 0 Å². The topological polar surface area (TPSA) is 63.6 Å². The van der Waals surface area contributed by atoms with Crippen molar-refractivity contribution in [1.29, 1.82) is 0 Å². The predicted octanol–water partition coefficient (Wildman–Crippen LogP) is 4.56. The Kier molecular flexibility index (Phi) is 15.1. The number of halogens is 1. The normalized spacial score (nSPS) is 13.8. The van der Waals surface area contributed by atoms with Crippen LogP contribution in [0.4, 0.5) is 0 Å². The summed E-state index contributed by atoms with van der Waals surface area (Å²) in [5.74, 6) is -0.631. The predicted molar refractivity (Wildman–Crippen MR) is 98.3 cm³/mol. The van der Waals surface area contributed by atoms with Crippen molar-refractivity contribution in [3.63, 3.8) is 0 Å². The number of hydrogen-bond donors (Lipinski definition) is 1. The average molecular weight is 361 g/mol. The maximum atomic E-state index is 11.5. The molecule has 1 N–H and O–H groups in total. The maximum Gasteiger partial charge on any atom is 0.313 e. The van der Waals surface area contributed by atoms with Crippen LogP contribution in [0, 0.1) is 0 Å². The second kappa shape index (κ2) is 15.6. The Morgan fingerprint density at radius 1 is 1.12 bits per heavy atom. The first kappa shape index (κ1) is 23.1. The molecule has 0 rings (SSSR count). The number of aliphatic hydroxyl groups is 1. The van der Waals surface area contributed by atoms with Gasteiger partial charge < -0.3 is 9.84 Å². The van der Waals surface area contributed by atoms with Crippen LogP contribution in [-0.4, -0.2) is 34.9 Å². The zero-order valence-corrected chi connectivity index (χ0v) is 15.9. The maximum absolute atomic E-state index is 11.5. The Labute approximate surface area is 151 Å². The summed E-state index contributed by atoms with van der Waals surface area (Å²) in [6, 6.07) is 0. The highest BCUT2D eigenvalue weighted by molar-refractivity contribution is 6.21. The van der Waals surface area contributed by atoms with Gasteiger partial charge >= 0.3 is 5.97 Å². The van der Waals surface area contributed by atoms with Crippen molar-refractivity contribution in [2.24, 2.45) is 0 Å². The number of unbranched alkanes of at least 4 members (excludes halogenated alkanes) is 5. The van der Waals surface area contributed by atoms with Crippen LogP contribution in [0.25, 0.3) is 0 Å². The molecule has 0 spiro atoms. The molecule has 0 saturated carbocycles. The van der Waals surface area contributed by atoms with Gasteiger partial charge in [0.25, 0.3) is 0 Å². The number of carbonyl (C=O) groups is 2. The minimum atomic E-state index is -0.692.